The van der Waals surface area contributed by atoms with E-state index in [-0.39, 0.29) is 0 Å². The molecule has 3 unspecified atom stereocenters. The van der Waals surface area contributed by atoms with Gasteiger partial charge in [-0.15, -0.1) is 0 Å². The maximum atomic E-state index is 6.09. The van der Waals surface area contributed by atoms with Crippen LogP contribution >= 0.6 is 11.8 Å². The molecule has 1 nitrogen and oxygen atoms in total. The highest BCUT2D eigenvalue weighted by atomic mass is 32.2. The quantitative estimate of drug-likeness (QED) is 0.687. The molecule has 0 rings (SSSR count). The summed E-state index contributed by atoms with van der Waals surface area (Å²) in [5.74, 6) is 1.80. The van der Waals surface area contributed by atoms with Gasteiger partial charge in [0, 0.05) is 17.0 Å². The molecule has 13 heavy (non-hydrogen) atoms. The van der Waals surface area contributed by atoms with Gasteiger partial charge in [-0.1, -0.05) is 34.1 Å². The summed E-state index contributed by atoms with van der Waals surface area (Å²) >= 11 is 2.01. The van der Waals surface area contributed by atoms with Crippen LogP contribution in [0.2, 0.25) is 0 Å². The number of rotatable bonds is 7. The van der Waals surface area contributed by atoms with Crippen LogP contribution in [0.15, 0.2) is 0 Å². The summed E-state index contributed by atoms with van der Waals surface area (Å²) in [6, 6.07) is 0.388. The normalized spacial score (nSPS) is 18.2. The van der Waals surface area contributed by atoms with Crippen molar-refractivity contribution >= 4 is 11.8 Å². The van der Waals surface area contributed by atoms with Crippen molar-refractivity contribution in [2.75, 3.05) is 5.75 Å². The maximum absolute atomic E-state index is 6.09. The molecule has 0 radical (unpaired) electrons. The number of nitrogens with two attached hydrogens (primary N) is 1. The molecular formula is C11H25NS. The van der Waals surface area contributed by atoms with Crippen LogP contribution in [-0.4, -0.2) is 17.0 Å². The van der Waals surface area contributed by atoms with Gasteiger partial charge in [-0.05, 0) is 18.8 Å². The van der Waals surface area contributed by atoms with Crippen LogP contribution in [0.3, 0.4) is 0 Å². The molecule has 0 spiro atoms. The third-order valence-electron chi connectivity index (χ3n) is 2.62. The van der Waals surface area contributed by atoms with Gasteiger partial charge in [0.25, 0.3) is 0 Å². The summed E-state index contributed by atoms with van der Waals surface area (Å²) in [4.78, 5) is 0. The number of hydrogen-bond donors (Lipinski definition) is 1. The van der Waals surface area contributed by atoms with Crippen LogP contribution < -0.4 is 5.73 Å². The summed E-state index contributed by atoms with van der Waals surface area (Å²) in [5.41, 5.74) is 6.09. The molecular weight excluding hydrogens is 178 g/mol. The minimum absolute atomic E-state index is 0.388. The van der Waals surface area contributed by atoms with Crippen molar-refractivity contribution in [2.24, 2.45) is 11.7 Å². The van der Waals surface area contributed by atoms with E-state index < -0.39 is 0 Å². The Labute approximate surface area is 87.9 Å². The summed E-state index contributed by atoms with van der Waals surface area (Å²) in [6.07, 6.45) is 3.77. The average molecular weight is 203 g/mol. The standard InChI is InChI=1S/C11H25NS/c1-5-7-9(3)11(12)8-13-10(4)6-2/h9-11H,5-8,12H2,1-4H3. The van der Waals surface area contributed by atoms with Crippen molar-refractivity contribution in [3.05, 3.63) is 0 Å². The maximum Gasteiger partial charge on any atom is 0.0156 e. The molecule has 0 heterocycles. The topological polar surface area (TPSA) is 26.0 Å². The minimum Gasteiger partial charge on any atom is -0.327 e. The van der Waals surface area contributed by atoms with Crippen molar-refractivity contribution < 1.29 is 0 Å². The van der Waals surface area contributed by atoms with Crippen molar-refractivity contribution in [3.63, 3.8) is 0 Å². The van der Waals surface area contributed by atoms with E-state index in [0.717, 1.165) is 11.0 Å². The summed E-state index contributed by atoms with van der Waals surface area (Å²) in [5, 5.41) is 0.764. The molecule has 0 saturated carbocycles. The first-order chi connectivity index (χ1) is 6.11. The van der Waals surface area contributed by atoms with E-state index in [9.17, 15) is 0 Å². The first-order valence-corrected chi connectivity index (χ1v) is 6.53. The van der Waals surface area contributed by atoms with Crippen LogP contribution in [0.1, 0.15) is 47.0 Å². The molecule has 0 amide bonds. The molecule has 0 fully saturated rings. The molecule has 3 atom stereocenters. The minimum atomic E-state index is 0.388. The van der Waals surface area contributed by atoms with Gasteiger partial charge in [-0.25, -0.2) is 0 Å². The molecule has 0 aliphatic heterocycles. The SMILES string of the molecule is CCCC(C)C(N)CSC(C)CC. The van der Waals surface area contributed by atoms with E-state index in [4.69, 9.17) is 5.73 Å². The van der Waals surface area contributed by atoms with Gasteiger partial charge in [0.1, 0.15) is 0 Å². The Morgan fingerprint density at radius 1 is 1.23 bits per heavy atom. The second-order valence-electron chi connectivity index (χ2n) is 3.98. The highest BCUT2D eigenvalue weighted by Crippen LogP contribution is 2.18. The fourth-order valence-corrected chi connectivity index (χ4v) is 2.34. The second-order valence-corrected chi connectivity index (χ2v) is 5.45. The van der Waals surface area contributed by atoms with E-state index in [0.29, 0.717) is 12.0 Å². The third-order valence-corrected chi connectivity index (χ3v) is 4.10. The Morgan fingerprint density at radius 2 is 1.85 bits per heavy atom. The zero-order valence-corrected chi connectivity index (χ0v) is 10.4. The largest absolute Gasteiger partial charge is 0.327 e. The average Bonchev–Trinajstić information content (AvgIpc) is 2.13. The van der Waals surface area contributed by atoms with E-state index in [2.05, 4.69) is 27.7 Å². The fourth-order valence-electron chi connectivity index (χ4n) is 1.23. The lowest BCUT2D eigenvalue weighted by molar-refractivity contribution is 0.450. The number of thioether (sulfide) groups is 1. The molecule has 0 aliphatic carbocycles. The van der Waals surface area contributed by atoms with E-state index in [1.165, 1.54) is 19.3 Å². The van der Waals surface area contributed by atoms with E-state index in [1.807, 2.05) is 11.8 Å². The van der Waals surface area contributed by atoms with Gasteiger partial charge in [-0.3, -0.25) is 0 Å². The fraction of sp³-hybridized carbons (Fsp3) is 1.00. The Bertz CT molecular complexity index is 117. The lowest BCUT2D eigenvalue weighted by atomic mass is 9.99. The zero-order valence-electron chi connectivity index (χ0n) is 9.55. The molecule has 0 aromatic heterocycles. The molecule has 80 valence electrons. The zero-order chi connectivity index (χ0) is 10.3. The molecule has 0 saturated heterocycles. The van der Waals surface area contributed by atoms with Gasteiger partial charge in [0.05, 0.1) is 0 Å². The summed E-state index contributed by atoms with van der Waals surface area (Å²) in [6.45, 7) is 9.01. The molecule has 0 aromatic rings. The molecule has 0 aromatic carbocycles. The Morgan fingerprint density at radius 3 is 2.31 bits per heavy atom. The predicted molar refractivity (Wildman–Crippen MR) is 64.3 cm³/mol. The Balaban J connectivity index is 3.54. The highest BCUT2D eigenvalue weighted by molar-refractivity contribution is 7.99. The van der Waals surface area contributed by atoms with Crippen molar-refractivity contribution in [2.45, 2.75) is 58.2 Å². The molecule has 0 aliphatic rings. The Hall–Kier alpha value is 0.310. The Kier molecular flexibility index (Phi) is 7.87. The second kappa shape index (κ2) is 7.69. The highest BCUT2D eigenvalue weighted by Gasteiger charge is 2.12. The molecule has 0 bridgehead atoms. The predicted octanol–water partition coefficient (Wildman–Crippen LogP) is 3.28. The summed E-state index contributed by atoms with van der Waals surface area (Å²) < 4.78 is 0. The van der Waals surface area contributed by atoms with Crippen molar-refractivity contribution in [1.82, 2.24) is 0 Å². The first kappa shape index (κ1) is 13.3. The van der Waals surface area contributed by atoms with Gasteiger partial charge < -0.3 is 5.73 Å². The van der Waals surface area contributed by atoms with Gasteiger partial charge in [-0.2, -0.15) is 11.8 Å². The van der Waals surface area contributed by atoms with E-state index >= 15 is 0 Å². The van der Waals surface area contributed by atoms with Crippen LogP contribution in [-0.2, 0) is 0 Å². The first-order valence-electron chi connectivity index (χ1n) is 5.48. The van der Waals surface area contributed by atoms with Crippen molar-refractivity contribution in [3.8, 4) is 0 Å². The lowest BCUT2D eigenvalue weighted by Gasteiger charge is -2.20. The van der Waals surface area contributed by atoms with Crippen LogP contribution in [0, 0.1) is 5.92 Å². The third kappa shape index (κ3) is 6.39. The number of hydrogen-bond acceptors (Lipinski definition) is 2. The smallest absolute Gasteiger partial charge is 0.0156 e. The lowest BCUT2D eigenvalue weighted by Crippen LogP contribution is -2.31. The van der Waals surface area contributed by atoms with Gasteiger partial charge in [0.15, 0.2) is 0 Å². The summed E-state index contributed by atoms with van der Waals surface area (Å²) in [7, 11) is 0. The monoisotopic (exact) mass is 203 g/mol. The van der Waals surface area contributed by atoms with Crippen LogP contribution in [0.5, 0.6) is 0 Å². The van der Waals surface area contributed by atoms with Crippen molar-refractivity contribution in [1.29, 1.82) is 0 Å². The van der Waals surface area contributed by atoms with Gasteiger partial charge in [0.2, 0.25) is 0 Å². The molecule has 2 N–H and O–H groups in total. The van der Waals surface area contributed by atoms with Crippen LogP contribution in [0.4, 0.5) is 0 Å². The van der Waals surface area contributed by atoms with E-state index in [1.54, 1.807) is 0 Å². The molecule has 2 heteroatoms. The van der Waals surface area contributed by atoms with Crippen LogP contribution in [0.25, 0.3) is 0 Å². The van der Waals surface area contributed by atoms with Gasteiger partial charge >= 0.3 is 0 Å².